The Morgan fingerprint density at radius 3 is 2.55 bits per heavy atom. The lowest BCUT2D eigenvalue weighted by Gasteiger charge is -2.22. The van der Waals surface area contributed by atoms with Crippen molar-refractivity contribution in [1.82, 2.24) is 25.0 Å². The molecule has 4 aromatic rings. The summed E-state index contributed by atoms with van der Waals surface area (Å²) in [5.74, 6) is -0.260. The Hall–Kier alpha value is -4.52. The number of alkyl halides is 3. The second-order valence-corrected chi connectivity index (χ2v) is 10.8. The maximum absolute atomic E-state index is 13.7. The van der Waals surface area contributed by atoms with Gasteiger partial charge in [-0.15, -0.1) is 18.3 Å². The number of nitrogens with zero attached hydrogens (tertiary/aromatic N) is 4. The number of anilines is 1. The first-order valence-electron chi connectivity index (χ1n) is 13.8. The molecule has 0 radical (unpaired) electrons. The van der Waals surface area contributed by atoms with E-state index in [1.807, 2.05) is 38.1 Å². The fourth-order valence-corrected chi connectivity index (χ4v) is 4.56. The van der Waals surface area contributed by atoms with Gasteiger partial charge in [-0.1, -0.05) is 32.0 Å². The van der Waals surface area contributed by atoms with Crippen LogP contribution in [0.5, 0.6) is 5.75 Å². The number of halogens is 4. The molecule has 232 valence electrons. The van der Waals surface area contributed by atoms with Crippen LogP contribution in [-0.2, 0) is 11.2 Å². The van der Waals surface area contributed by atoms with E-state index in [2.05, 4.69) is 25.5 Å². The van der Waals surface area contributed by atoms with Crippen molar-refractivity contribution in [2.75, 3.05) is 25.5 Å². The Morgan fingerprint density at radius 1 is 1.09 bits per heavy atom. The van der Waals surface area contributed by atoms with E-state index >= 15 is 0 Å². The van der Waals surface area contributed by atoms with Gasteiger partial charge >= 0.3 is 6.36 Å². The number of aryl methyl sites for hydroxylation is 1. The molecule has 8 nitrogen and oxygen atoms in total. The van der Waals surface area contributed by atoms with Crippen molar-refractivity contribution in [3.05, 3.63) is 90.0 Å². The van der Waals surface area contributed by atoms with Gasteiger partial charge < -0.3 is 20.3 Å². The van der Waals surface area contributed by atoms with Crippen molar-refractivity contribution in [1.29, 1.82) is 0 Å². The van der Waals surface area contributed by atoms with Crippen LogP contribution in [0.15, 0.2) is 73.1 Å². The topological polar surface area (TPSA) is 84.3 Å². The van der Waals surface area contributed by atoms with Crippen molar-refractivity contribution in [3.8, 4) is 22.8 Å². The molecule has 2 N–H and O–H groups in total. The number of hydrogen-bond donors (Lipinski definition) is 2. The average Bonchev–Trinajstić information content (AvgIpc) is 3.46. The molecule has 44 heavy (non-hydrogen) atoms. The molecule has 0 aliphatic heterocycles. The van der Waals surface area contributed by atoms with E-state index in [0.29, 0.717) is 41.7 Å². The lowest BCUT2D eigenvalue weighted by Crippen LogP contribution is -2.40. The molecule has 4 rings (SSSR count). The van der Waals surface area contributed by atoms with Crippen LogP contribution < -0.4 is 15.4 Å². The highest BCUT2D eigenvalue weighted by Gasteiger charge is 2.31. The molecule has 0 fully saturated rings. The summed E-state index contributed by atoms with van der Waals surface area (Å²) < 4.78 is 56.3. The number of carbonyl (C=O) groups is 1. The van der Waals surface area contributed by atoms with Gasteiger partial charge in [0, 0.05) is 24.8 Å². The minimum atomic E-state index is -4.76. The summed E-state index contributed by atoms with van der Waals surface area (Å²) in [5, 5.41) is 10.8. The van der Waals surface area contributed by atoms with Crippen LogP contribution >= 0.6 is 12.2 Å². The van der Waals surface area contributed by atoms with Gasteiger partial charge in [0.25, 0.3) is 0 Å². The fourth-order valence-electron chi connectivity index (χ4n) is 4.39. The number of ether oxygens (including phenoxy) is 1. The number of likely N-dealkylation sites (N-methyl/N-ethyl adjacent to an activating group) is 1. The Labute approximate surface area is 258 Å². The van der Waals surface area contributed by atoms with Crippen LogP contribution in [0.4, 0.5) is 23.2 Å². The van der Waals surface area contributed by atoms with E-state index in [-0.39, 0.29) is 29.9 Å². The minimum Gasteiger partial charge on any atom is -0.406 e. The molecule has 3 aromatic carbocycles. The number of rotatable bonds is 11. The molecule has 0 saturated heterocycles. The van der Waals surface area contributed by atoms with Gasteiger partial charge in [0.1, 0.15) is 17.9 Å². The average molecular weight is 629 g/mol. The largest absolute Gasteiger partial charge is 0.573 e. The summed E-state index contributed by atoms with van der Waals surface area (Å²) in [6.45, 7) is 4.46. The van der Waals surface area contributed by atoms with Crippen molar-refractivity contribution in [2.24, 2.45) is 0 Å². The van der Waals surface area contributed by atoms with E-state index in [0.717, 1.165) is 16.7 Å². The standard InChI is InChI=1S/C31H32F4N6O2S/c1-20(2)26-17-23(32)9-14-27(26)38-30(44)40(3)18-28(42)36-15-5-7-21-6-4-8-22(16-21)29-37-19-41(39-29)24-10-12-25(13-11-24)43-31(33,34)35/h4,6,8-14,16-17,19-20H,5,7,15,18H2,1-3H3,(H,36,42)(H,38,44). The Morgan fingerprint density at radius 2 is 1.84 bits per heavy atom. The summed E-state index contributed by atoms with van der Waals surface area (Å²) in [6.07, 6.45) is -1.87. The lowest BCUT2D eigenvalue weighted by atomic mass is 10.0. The first kappa shape index (κ1) is 32.4. The number of nitrogens with one attached hydrogen (secondary N) is 2. The second kappa shape index (κ2) is 14.3. The van der Waals surface area contributed by atoms with Gasteiger partial charge in [-0.3, -0.25) is 4.79 Å². The van der Waals surface area contributed by atoms with Crippen LogP contribution in [0.1, 0.15) is 37.3 Å². The number of thiocarbonyl (C=S) groups is 1. The number of hydrogen-bond acceptors (Lipinski definition) is 5. The third kappa shape index (κ3) is 9.24. The highest BCUT2D eigenvalue weighted by Crippen LogP contribution is 2.26. The van der Waals surface area contributed by atoms with E-state index in [1.54, 1.807) is 18.0 Å². The van der Waals surface area contributed by atoms with Gasteiger partial charge in [-0.2, -0.15) is 0 Å². The minimum absolute atomic E-state index is 0.0614. The molecule has 13 heteroatoms. The van der Waals surface area contributed by atoms with Crippen LogP contribution in [-0.4, -0.2) is 57.2 Å². The second-order valence-electron chi connectivity index (χ2n) is 10.4. The van der Waals surface area contributed by atoms with E-state index in [1.165, 1.54) is 47.4 Å². The van der Waals surface area contributed by atoms with E-state index in [9.17, 15) is 22.4 Å². The number of benzene rings is 3. The van der Waals surface area contributed by atoms with Crippen molar-refractivity contribution < 1.29 is 27.1 Å². The van der Waals surface area contributed by atoms with Crippen molar-refractivity contribution in [2.45, 2.75) is 39.0 Å². The van der Waals surface area contributed by atoms with Crippen LogP contribution in [0.25, 0.3) is 17.1 Å². The Kier molecular flexibility index (Phi) is 10.5. The molecular formula is C31H32F4N6O2S. The molecule has 0 aliphatic rings. The fraction of sp³-hybridized carbons (Fsp3) is 0.290. The van der Waals surface area contributed by atoms with Gasteiger partial charge in [-0.25, -0.2) is 14.1 Å². The normalized spacial score (nSPS) is 11.4. The predicted molar refractivity (Wildman–Crippen MR) is 164 cm³/mol. The summed E-state index contributed by atoms with van der Waals surface area (Å²) >= 11 is 5.45. The predicted octanol–water partition coefficient (Wildman–Crippen LogP) is 6.47. The molecule has 0 spiro atoms. The molecule has 0 unspecified atom stereocenters. The SMILES string of the molecule is CC(C)c1cc(F)ccc1NC(=S)N(C)CC(=O)NCCCc1cccc(-c2ncn(-c3ccc(OC(F)(F)F)cc3)n2)c1. The van der Waals surface area contributed by atoms with E-state index < -0.39 is 6.36 Å². The quantitative estimate of drug-likeness (QED) is 0.112. The maximum atomic E-state index is 13.7. The summed E-state index contributed by atoms with van der Waals surface area (Å²) in [4.78, 5) is 18.5. The monoisotopic (exact) mass is 628 g/mol. The summed E-state index contributed by atoms with van der Waals surface area (Å²) in [6, 6.07) is 17.5. The zero-order valence-electron chi connectivity index (χ0n) is 24.4. The first-order valence-corrected chi connectivity index (χ1v) is 14.2. The number of amides is 1. The molecule has 0 saturated carbocycles. The zero-order valence-corrected chi connectivity index (χ0v) is 25.2. The highest BCUT2D eigenvalue weighted by atomic mass is 32.1. The summed E-state index contributed by atoms with van der Waals surface area (Å²) in [7, 11) is 1.71. The molecule has 1 heterocycles. The van der Waals surface area contributed by atoms with Crippen LogP contribution in [0.2, 0.25) is 0 Å². The molecule has 0 aliphatic carbocycles. The smallest absolute Gasteiger partial charge is 0.406 e. The Balaban J connectivity index is 1.24. The molecule has 0 atom stereocenters. The zero-order chi connectivity index (χ0) is 31.9. The Bertz CT molecular complexity index is 1590. The van der Waals surface area contributed by atoms with Gasteiger partial charge in [0.2, 0.25) is 5.91 Å². The van der Waals surface area contributed by atoms with Crippen LogP contribution in [0.3, 0.4) is 0 Å². The van der Waals surface area contributed by atoms with Crippen LogP contribution in [0, 0.1) is 5.82 Å². The highest BCUT2D eigenvalue weighted by molar-refractivity contribution is 7.80. The van der Waals surface area contributed by atoms with Crippen molar-refractivity contribution >= 4 is 28.9 Å². The summed E-state index contributed by atoms with van der Waals surface area (Å²) in [5.41, 5.74) is 3.85. The lowest BCUT2D eigenvalue weighted by molar-refractivity contribution is -0.274. The van der Waals surface area contributed by atoms with Gasteiger partial charge in [0.05, 0.1) is 12.2 Å². The third-order valence-electron chi connectivity index (χ3n) is 6.58. The van der Waals surface area contributed by atoms with E-state index in [4.69, 9.17) is 12.2 Å². The molecular weight excluding hydrogens is 596 g/mol. The molecule has 1 aromatic heterocycles. The third-order valence-corrected chi connectivity index (χ3v) is 6.99. The first-order chi connectivity index (χ1) is 20.9. The van der Waals surface area contributed by atoms with Gasteiger partial charge in [-0.05, 0) is 90.6 Å². The molecule has 1 amide bonds. The molecule has 0 bridgehead atoms. The number of carbonyl (C=O) groups excluding carboxylic acids is 1. The number of aromatic nitrogens is 3. The van der Waals surface area contributed by atoms with Crippen molar-refractivity contribution in [3.63, 3.8) is 0 Å². The maximum Gasteiger partial charge on any atom is 0.573 e. The van der Waals surface area contributed by atoms with Gasteiger partial charge in [0.15, 0.2) is 10.9 Å².